The monoisotopic (exact) mass is 277 g/mol. The summed E-state index contributed by atoms with van der Waals surface area (Å²) in [6.45, 7) is 6.12. The van der Waals surface area contributed by atoms with E-state index in [-0.39, 0.29) is 0 Å². The van der Waals surface area contributed by atoms with E-state index in [1.807, 2.05) is 7.05 Å². The topological polar surface area (TPSA) is 53.1 Å². The van der Waals surface area contributed by atoms with Gasteiger partial charge in [0.25, 0.3) is 0 Å². The fraction of sp³-hybridized carbons (Fsp3) is 0.538. The predicted molar refractivity (Wildman–Crippen MR) is 81.4 cm³/mol. The molecule has 0 unspecified atom stereocenters. The van der Waals surface area contributed by atoms with Crippen molar-refractivity contribution in [3.05, 3.63) is 10.9 Å². The molecule has 1 saturated heterocycles. The summed E-state index contributed by atoms with van der Waals surface area (Å²) in [6, 6.07) is 2.20. The second-order valence-corrected chi connectivity index (χ2v) is 5.76. The van der Waals surface area contributed by atoms with Crippen LogP contribution in [0.3, 0.4) is 0 Å². The first-order valence-corrected chi connectivity index (χ1v) is 7.57. The Hall–Kier alpha value is -1.40. The maximum Gasteiger partial charge on any atom is 0.228 e. The zero-order chi connectivity index (χ0) is 13.2. The molecule has 1 fully saturated rings. The standard InChI is InChI=1S/C13H19N5S/c1-3-9-8-10-11(14-2)16-13(17-12(10)19-9)18-6-4-15-5-7-18/h8,15H,3-7H2,1-2H3,(H,14,16,17). The van der Waals surface area contributed by atoms with Gasteiger partial charge in [-0.1, -0.05) is 6.92 Å². The number of thiophene rings is 1. The lowest BCUT2D eigenvalue weighted by atomic mass is 10.3. The second kappa shape index (κ2) is 5.30. The van der Waals surface area contributed by atoms with Crippen LogP contribution in [-0.2, 0) is 6.42 Å². The van der Waals surface area contributed by atoms with Gasteiger partial charge < -0.3 is 15.5 Å². The highest BCUT2D eigenvalue weighted by Gasteiger charge is 2.16. The fourth-order valence-corrected chi connectivity index (χ4v) is 3.29. The smallest absolute Gasteiger partial charge is 0.228 e. The van der Waals surface area contributed by atoms with Crippen molar-refractivity contribution in [2.45, 2.75) is 13.3 Å². The predicted octanol–water partition coefficient (Wildman–Crippen LogP) is 1.70. The minimum Gasteiger partial charge on any atom is -0.372 e. The number of hydrogen-bond donors (Lipinski definition) is 2. The Kier molecular flexibility index (Phi) is 3.52. The van der Waals surface area contributed by atoms with Crippen molar-refractivity contribution in [3.63, 3.8) is 0 Å². The van der Waals surface area contributed by atoms with Crippen LogP contribution in [0, 0.1) is 0 Å². The molecule has 19 heavy (non-hydrogen) atoms. The van der Waals surface area contributed by atoms with E-state index in [0.29, 0.717) is 0 Å². The Balaban J connectivity index is 2.05. The Bertz CT molecular complexity index is 574. The molecule has 6 heteroatoms. The van der Waals surface area contributed by atoms with E-state index in [1.54, 1.807) is 11.3 Å². The number of aryl methyl sites for hydroxylation is 1. The number of hydrogen-bond acceptors (Lipinski definition) is 6. The molecule has 3 rings (SSSR count). The van der Waals surface area contributed by atoms with Gasteiger partial charge in [0.15, 0.2) is 0 Å². The summed E-state index contributed by atoms with van der Waals surface area (Å²) in [5, 5.41) is 7.70. The van der Waals surface area contributed by atoms with Gasteiger partial charge in [0.05, 0.1) is 5.39 Å². The van der Waals surface area contributed by atoms with E-state index in [2.05, 4.69) is 33.5 Å². The molecular weight excluding hydrogens is 258 g/mol. The average molecular weight is 277 g/mol. The van der Waals surface area contributed by atoms with Crippen LogP contribution in [0.1, 0.15) is 11.8 Å². The van der Waals surface area contributed by atoms with Crippen molar-refractivity contribution < 1.29 is 0 Å². The average Bonchev–Trinajstić information content (AvgIpc) is 2.90. The maximum absolute atomic E-state index is 4.74. The summed E-state index contributed by atoms with van der Waals surface area (Å²) in [5.41, 5.74) is 0. The normalized spacial score (nSPS) is 16.0. The van der Waals surface area contributed by atoms with Gasteiger partial charge in [-0.3, -0.25) is 0 Å². The highest BCUT2D eigenvalue weighted by atomic mass is 32.1. The van der Waals surface area contributed by atoms with Crippen LogP contribution in [0.15, 0.2) is 6.07 Å². The first-order chi connectivity index (χ1) is 9.31. The SMILES string of the molecule is CCc1cc2c(NC)nc(N3CCNCC3)nc2s1. The summed E-state index contributed by atoms with van der Waals surface area (Å²) in [4.78, 5) is 14.1. The van der Waals surface area contributed by atoms with E-state index in [9.17, 15) is 0 Å². The summed E-state index contributed by atoms with van der Waals surface area (Å²) in [6.07, 6.45) is 1.05. The Morgan fingerprint density at radius 3 is 2.84 bits per heavy atom. The first kappa shape index (κ1) is 12.6. The van der Waals surface area contributed by atoms with Crippen LogP contribution in [0.4, 0.5) is 11.8 Å². The molecule has 3 heterocycles. The zero-order valence-electron chi connectivity index (χ0n) is 11.4. The van der Waals surface area contributed by atoms with Crippen molar-refractivity contribution in [3.8, 4) is 0 Å². The Labute approximate surface area is 117 Å². The number of nitrogens with one attached hydrogen (secondary N) is 2. The molecule has 2 aromatic rings. The van der Waals surface area contributed by atoms with Crippen molar-refractivity contribution in [1.29, 1.82) is 0 Å². The number of nitrogens with zero attached hydrogens (tertiary/aromatic N) is 3. The molecule has 0 bridgehead atoms. The van der Waals surface area contributed by atoms with E-state index >= 15 is 0 Å². The molecule has 2 N–H and O–H groups in total. The summed E-state index contributed by atoms with van der Waals surface area (Å²) >= 11 is 1.77. The lowest BCUT2D eigenvalue weighted by molar-refractivity contribution is 0.581. The van der Waals surface area contributed by atoms with Gasteiger partial charge in [-0.05, 0) is 12.5 Å². The number of fused-ring (bicyclic) bond motifs is 1. The molecule has 0 atom stereocenters. The molecule has 0 saturated carbocycles. The van der Waals surface area contributed by atoms with Crippen LogP contribution in [0.5, 0.6) is 0 Å². The van der Waals surface area contributed by atoms with Gasteiger partial charge in [0.2, 0.25) is 5.95 Å². The minimum atomic E-state index is 0.850. The molecule has 1 aliphatic rings. The first-order valence-electron chi connectivity index (χ1n) is 6.75. The number of rotatable bonds is 3. The second-order valence-electron chi connectivity index (χ2n) is 4.64. The number of anilines is 2. The van der Waals surface area contributed by atoms with Crippen LogP contribution in [0.2, 0.25) is 0 Å². The van der Waals surface area contributed by atoms with Crippen LogP contribution >= 0.6 is 11.3 Å². The molecular formula is C13H19N5S. The molecule has 0 spiro atoms. The zero-order valence-corrected chi connectivity index (χ0v) is 12.2. The van der Waals surface area contributed by atoms with Crippen LogP contribution < -0.4 is 15.5 Å². The molecule has 2 aromatic heterocycles. The van der Waals surface area contributed by atoms with Gasteiger partial charge in [-0.25, -0.2) is 4.98 Å². The Morgan fingerprint density at radius 1 is 1.37 bits per heavy atom. The molecule has 0 aliphatic carbocycles. The van der Waals surface area contributed by atoms with Gasteiger partial charge in [-0.15, -0.1) is 11.3 Å². The third kappa shape index (κ3) is 2.37. The highest BCUT2D eigenvalue weighted by Crippen LogP contribution is 2.30. The van der Waals surface area contributed by atoms with Crippen molar-refractivity contribution in [2.24, 2.45) is 0 Å². The molecule has 0 radical (unpaired) electrons. The van der Waals surface area contributed by atoms with Crippen LogP contribution in [-0.4, -0.2) is 43.2 Å². The summed E-state index contributed by atoms with van der Waals surface area (Å²) in [7, 11) is 1.92. The van der Waals surface area contributed by atoms with E-state index in [4.69, 9.17) is 4.98 Å². The molecule has 0 aromatic carbocycles. The minimum absolute atomic E-state index is 0.850. The fourth-order valence-electron chi connectivity index (χ4n) is 2.33. The maximum atomic E-state index is 4.74. The molecule has 1 aliphatic heterocycles. The highest BCUT2D eigenvalue weighted by molar-refractivity contribution is 7.18. The van der Waals surface area contributed by atoms with Crippen molar-refractivity contribution in [2.75, 3.05) is 43.4 Å². The third-order valence-corrected chi connectivity index (χ3v) is 4.59. The largest absolute Gasteiger partial charge is 0.372 e. The molecule has 5 nitrogen and oxygen atoms in total. The number of aromatic nitrogens is 2. The summed E-state index contributed by atoms with van der Waals surface area (Å²) in [5.74, 6) is 1.79. The van der Waals surface area contributed by atoms with Gasteiger partial charge in [-0.2, -0.15) is 4.98 Å². The van der Waals surface area contributed by atoms with E-state index < -0.39 is 0 Å². The van der Waals surface area contributed by atoms with E-state index in [1.165, 1.54) is 4.88 Å². The van der Waals surface area contributed by atoms with Gasteiger partial charge >= 0.3 is 0 Å². The molecule has 0 amide bonds. The van der Waals surface area contributed by atoms with Crippen LogP contribution in [0.25, 0.3) is 10.2 Å². The molecule has 102 valence electrons. The quantitative estimate of drug-likeness (QED) is 0.894. The van der Waals surface area contributed by atoms with Gasteiger partial charge in [0, 0.05) is 38.1 Å². The Morgan fingerprint density at radius 2 is 2.16 bits per heavy atom. The lowest BCUT2D eigenvalue weighted by Gasteiger charge is -2.27. The third-order valence-electron chi connectivity index (χ3n) is 3.42. The van der Waals surface area contributed by atoms with Crippen molar-refractivity contribution >= 4 is 33.3 Å². The summed E-state index contributed by atoms with van der Waals surface area (Å²) < 4.78 is 0. The van der Waals surface area contributed by atoms with Gasteiger partial charge in [0.1, 0.15) is 10.6 Å². The number of piperazine rings is 1. The van der Waals surface area contributed by atoms with E-state index in [0.717, 1.165) is 54.6 Å². The lowest BCUT2D eigenvalue weighted by Crippen LogP contribution is -2.44. The van der Waals surface area contributed by atoms with Crippen molar-refractivity contribution in [1.82, 2.24) is 15.3 Å².